The third kappa shape index (κ3) is 20.2. The molecule has 20 heavy (non-hydrogen) atoms. The Morgan fingerprint density at radius 2 is 1.05 bits per heavy atom. The molecule has 0 spiro atoms. The second kappa shape index (κ2) is 23.9. The number of piperazine rings is 1. The quantitative estimate of drug-likeness (QED) is 0.713. The van der Waals surface area contributed by atoms with E-state index in [0.717, 1.165) is 19.0 Å². The zero-order chi connectivity index (χ0) is 16.2. The van der Waals surface area contributed by atoms with Crippen molar-refractivity contribution < 1.29 is 0 Å². The predicted molar refractivity (Wildman–Crippen MR) is 95.7 cm³/mol. The second-order valence-corrected chi connectivity index (χ2v) is 4.49. The van der Waals surface area contributed by atoms with Crippen LogP contribution in [0.1, 0.15) is 61.3 Å². The first-order chi connectivity index (χ1) is 9.79. The van der Waals surface area contributed by atoms with Gasteiger partial charge in [-0.25, -0.2) is 0 Å². The van der Waals surface area contributed by atoms with Crippen LogP contribution in [0.3, 0.4) is 0 Å². The molecule has 2 fully saturated rings. The van der Waals surface area contributed by atoms with E-state index < -0.39 is 0 Å². The molecule has 2 aliphatic rings. The van der Waals surface area contributed by atoms with Crippen molar-refractivity contribution in [2.24, 2.45) is 5.92 Å². The summed E-state index contributed by atoms with van der Waals surface area (Å²) in [5.74, 6) is 0.973. The lowest BCUT2D eigenvalue weighted by molar-refractivity contribution is 0.291. The summed E-state index contributed by atoms with van der Waals surface area (Å²) >= 11 is 0. The zero-order valence-corrected chi connectivity index (χ0v) is 15.7. The minimum Gasteiger partial charge on any atom is -0.317 e. The van der Waals surface area contributed by atoms with Gasteiger partial charge in [-0.3, -0.25) is 0 Å². The van der Waals surface area contributed by atoms with Crippen LogP contribution in [-0.2, 0) is 0 Å². The molecule has 3 nitrogen and oxygen atoms in total. The molecule has 0 radical (unpaired) electrons. The largest absolute Gasteiger partial charge is 0.317 e. The van der Waals surface area contributed by atoms with E-state index in [1.54, 1.807) is 0 Å². The van der Waals surface area contributed by atoms with Gasteiger partial charge in [0.05, 0.1) is 0 Å². The van der Waals surface area contributed by atoms with Gasteiger partial charge in [0.1, 0.15) is 0 Å². The molecule has 0 aliphatic carbocycles. The van der Waals surface area contributed by atoms with Crippen molar-refractivity contribution in [2.75, 3.05) is 46.3 Å². The Kier molecular flexibility index (Phi) is 29.8. The van der Waals surface area contributed by atoms with E-state index in [4.69, 9.17) is 0 Å². The number of rotatable bonds is 0. The van der Waals surface area contributed by atoms with Crippen LogP contribution in [0, 0.1) is 5.92 Å². The van der Waals surface area contributed by atoms with Gasteiger partial charge in [-0.1, -0.05) is 48.5 Å². The van der Waals surface area contributed by atoms with Crippen molar-refractivity contribution >= 4 is 0 Å². The number of hydrogen-bond donors (Lipinski definition) is 2. The van der Waals surface area contributed by atoms with Gasteiger partial charge in [0, 0.05) is 26.2 Å². The Bertz CT molecular complexity index is 112. The molecular formula is C17H43N3. The van der Waals surface area contributed by atoms with Gasteiger partial charge in [-0.2, -0.15) is 0 Å². The van der Waals surface area contributed by atoms with Crippen molar-refractivity contribution in [3.05, 3.63) is 0 Å². The SMILES string of the molecule is CC.CC.CC.CC1CCNCC1.CN1CCNCC1. The molecule has 2 saturated heterocycles. The fourth-order valence-electron chi connectivity index (χ4n) is 1.74. The lowest BCUT2D eigenvalue weighted by Crippen LogP contribution is -2.40. The number of hydrogen-bond acceptors (Lipinski definition) is 3. The molecule has 0 aromatic carbocycles. The normalized spacial score (nSPS) is 18.6. The van der Waals surface area contributed by atoms with E-state index in [1.807, 2.05) is 41.5 Å². The van der Waals surface area contributed by atoms with Gasteiger partial charge in [-0.15, -0.1) is 0 Å². The second-order valence-electron chi connectivity index (χ2n) is 4.49. The third-order valence-corrected chi connectivity index (χ3v) is 2.97. The highest BCUT2D eigenvalue weighted by molar-refractivity contribution is 4.63. The highest BCUT2D eigenvalue weighted by Gasteiger charge is 2.05. The van der Waals surface area contributed by atoms with Crippen molar-refractivity contribution in [1.82, 2.24) is 15.5 Å². The highest BCUT2D eigenvalue weighted by atomic mass is 15.2. The predicted octanol–water partition coefficient (Wildman–Crippen LogP) is 3.61. The number of nitrogens with zero attached hydrogens (tertiary/aromatic N) is 1. The minimum atomic E-state index is 0.973. The standard InChI is InChI=1S/C6H13N.C5H12N2.3C2H6/c1-6-2-4-7-5-3-6;1-7-4-2-6-3-5-7;3*1-2/h6-7H,2-5H2,1H3;6H,2-5H2,1H3;3*1-2H3. The summed E-state index contributed by atoms with van der Waals surface area (Å²) in [4.78, 5) is 2.33. The summed E-state index contributed by atoms with van der Waals surface area (Å²) in [6.07, 6.45) is 2.75. The van der Waals surface area contributed by atoms with Crippen LogP contribution in [0.15, 0.2) is 0 Å². The fourth-order valence-corrected chi connectivity index (χ4v) is 1.74. The monoisotopic (exact) mass is 289 g/mol. The molecule has 0 unspecified atom stereocenters. The van der Waals surface area contributed by atoms with Crippen molar-refractivity contribution in [1.29, 1.82) is 0 Å². The van der Waals surface area contributed by atoms with Gasteiger partial charge >= 0.3 is 0 Å². The molecule has 2 aliphatic heterocycles. The smallest absolute Gasteiger partial charge is 0.0104 e. The topological polar surface area (TPSA) is 27.3 Å². The van der Waals surface area contributed by atoms with Crippen LogP contribution < -0.4 is 10.6 Å². The average molecular weight is 290 g/mol. The lowest BCUT2D eigenvalue weighted by atomic mass is 10.0. The maximum Gasteiger partial charge on any atom is 0.0104 e. The van der Waals surface area contributed by atoms with Gasteiger partial charge in [0.25, 0.3) is 0 Å². The van der Waals surface area contributed by atoms with E-state index in [2.05, 4.69) is 29.5 Å². The molecule has 0 saturated carbocycles. The molecule has 2 N–H and O–H groups in total. The van der Waals surface area contributed by atoms with Crippen LogP contribution in [0.25, 0.3) is 0 Å². The maximum atomic E-state index is 3.32. The Morgan fingerprint density at radius 3 is 1.25 bits per heavy atom. The van der Waals surface area contributed by atoms with E-state index in [-0.39, 0.29) is 0 Å². The number of nitrogens with one attached hydrogen (secondary N) is 2. The molecule has 0 atom stereocenters. The van der Waals surface area contributed by atoms with E-state index >= 15 is 0 Å². The lowest BCUT2D eigenvalue weighted by Gasteiger charge is -2.21. The van der Waals surface area contributed by atoms with Crippen LogP contribution in [0.2, 0.25) is 0 Å². The average Bonchev–Trinajstić information content (AvgIpc) is 2.55. The molecule has 0 aromatic heterocycles. The highest BCUT2D eigenvalue weighted by Crippen LogP contribution is 2.08. The molecule has 2 heterocycles. The maximum absolute atomic E-state index is 3.32. The Hall–Kier alpha value is -0.120. The van der Waals surface area contributed by atoms with Gasteiger partial charge in [0.2, 0.25) is 0 Å². The van der Waals surface area contributed by atoms with Gasteiger partial charge < -0.3 is 15.5 Å². The van der Waals surface area contributed by atoms with Crippen molar-refractivity contribution in [3.8, 4) is 0 Å². The first-order valence-corrected chi connectivity index (χ1v) is 8.89. The molecule has 0 bridgehead atoms. The number of likely N-dealkylation sites (N-methyl/N-ethyl adjacent to an activating group) is 1. The summed E-state index contributed by atoms with van der Waals surface area (Å²) < 4.78 is 0. The van der Waals surface area contributed by atoms with Gasteiger partial charge in [0.15, 0.2) is 0 Å². The van der Waals surface area contributed by atoms with E-state index in [9.17, 15) is 0 Å². The first-order valence-electron chi connectivity index (χ1n) is 8.89. The molecule has 3 heteroatoms. The Balaban J connectivity index is -0.000000211. The summed E-state index contributed by atoms with van der Waals surface area (Å²) in [6, 6.07) is 0. The molecular weight excluding hydrogens is 246 g/mol. The third-order valence-electron chi connectivity index (χ3n) is 2.97. The summed E-state index contributed by atoms with van der Waals surface area (Å²) in [7, 11) is 2.15. The fraction of sp³-hybridized carbons (Fsp3) is 1.00. The first kappa shape index (κ1) is 24.9. The van der Waals surface area contributed by atoms with Gasteiger partial charge in [-0.05, 0) is 38.9 Å². The Labute approximate surface area is 129 Å². The summed E-state index contributed by atoms with van der Waals surface area (Å²) in [5.41, 5.74) is 0. The van der Waals surface area contributed by atoms with Crippen LogP contribution in [-0.4, -0.2) is 51.2 Å². The molecule has 126 valence electrons. The molecule has 0 aromatic rings. The van der Waals surface area contributed by atoms with E-state index in [0.29, 0.717) is 0 Å². The Morgan fingerprint density at radius 1 is 0.700 bits per heavy atom. The summed E-state index contributed by atoms with van der Waals surface area (Å²) in [5, 5.41) is 6.59. The van der Waals surface area contributed by atoms with Crippen molar-refractivity contribution in [2.45, 2.75) is 61.3 Å². The van der Waals surface area contributed by atoms with Crippen LogP contribution >= 0.6 is 0 Å². The zero-order valence-electron chi connectivity index (χ0n) is 15.7. The minimum absolute atomic E-state index is 0.973. The summed E-state index contributed by atoms with van der Waals surface area (Å²) in [6.45, 7) is 21.5. The van der Waals surface area contributed by atoms with Crippen molar-refractivity contribution in [3.63, 3.8) is 0 Å². The molecule has 2 rings (SSSR count). The van der Waals surface area contributed by atoms with Crippen LogP contribution in [0.5, 0.6) is 0 Å². The molecule has 0 amide bonds. The number of piperidine rings is 1. The van der Waals surface area contributed by atoms with Crippen LogP contribution in [0.4, 0.5) is 0 Å². The van der Waals surface area contributed by atoms with E-state index in [1.165, 1.54) is 39.0 Å².